The highest BCUT2D eigenvalue weighted by atomic mass is 35.5. The van der Waals surface area contributed by atoms with E-state index in [1.54, 1.807) is 24.0 Å². The van der Waals surface area contributed by atoms with Gasteiger partial charge in [0.2, 0.25) is 0 Å². The van der Waals surface area contributed by atoms with Gasteiger partial charge in [-0.25, -0.2) is 0 Å². The molecule has 116 valence electrons. The average molecular weight is 312 g/mol. The van der Waals surface area contributed by atoms with Crippen molar-refractivity contribution in [2.24, 2.45) is 0 Å². The van der Waals surface area contributed by atoms with E-state index < -0.39 is 11.7 Å². The Kier molecular flexibility index (Phi) is 5.12. The molecule has 0 aromatic heterocycles. The van der Waals surface area contributed by atoms with Gasteiger partial charge in [0.1, 0.15) is 5.75 Å². The van der Waals surface area contributed by atoms with Crippen LogP contribution in [0.25, 0.3) is 0 Å². The van der Waals surface area contributed by atoms with Crippen LogP contribution in [0.4, 0.5) is 0 Å². The monoisotopic (exact) mass is 311 g/mol. The summed E-state index contributed by atoms with van der Waals surface area (Å²) in [6.45, 7) is 4.77. The Morgan fingerprint density at radius 3 is 2.81 bits per heavy atom. The number of para-hydroxylation sites is 1. The summed E-state index contributed by atoms with van der Waals surface area (Å²) in [5.74, 6) is 0.453. The molecule has 2 unspecified atom stereocenters. The zero-order chi connectivity index (χ0) is 15.5. The van der Waals surface area contributed by atoms with Crippen molar-refractivity contribution in [2.45, 2.75) is 44.8 Å². The Morgan fingerprint density at radius 1 is 1.38 bits per heavy atom. The second-order valence-corrected chi connectivity index (χ2v) is 6.27. The number of likely N-dealkylation sites (tertiary alicyclic amines) is 1. The molecule has 1 aromatic rings. The van der Waals surface area contributed by atoms with E-state index in [4.69, 9.17) is 16.3 Å². The van der Waals surface area contributed by atoms with Crippen molar-refractivity contribution in [3.63, 3.8) is 0 Å². The fourth-order valence-electron chi connectivity index (χ4n) is 2.52. The smallest absolute Gasteiger partial charge is 0.263 e. The molecule has 1 amide bonds. The predicted molar refractivity (Wildman–Crippen MR) is 82.6 cm³/mol. The number of amides is 1. The molecule has 2 rings (SSSR count). The molecule has 1 fully saturated rings. The van der Waals surface area contributed by atoms with Gasteiger partial charge in [0.05, 0.1) is 10.6 Å². The van der Waals surface area contributed by atoms with E-state index in [1.807, 2.05) is 19.1 Å². The topological polar surface area (TPSA) is 49.8 Å². The van der Waals surface area contributed by atoms with Gasteiger partial charge >= 0.3 is 0 Å². The van der Waals surface area contributed by atoms with Crippen LogP contribution in [0.15, 0.2) is 24.3 Å². The normalized spacial score (nSPS) is 24.3. The lowest BCUT2D eigenvalue weighted by molar-refractivity contribution is -0.138. The highest BCUT2D eigenvalue weighted by Crippen LogP contribution is 2.25. The van der Waals surface area contributed by atoms with Crippen molar-refractivity contribution in [1.29, 1.82) is 0 Å². The molecule has 0 spiro atoms. The molecule has 1 aliphatic rings. The molecule has 0 aliphatic carbocycles. The first-order valence-electron chi connectivity index (χ1n) is 7.31. The molecule has 1 heterocycles. The molecular weight excluding hydrogens is 290 g/mol. The van der Waals surface area contributed by atoms with Crippen molar-refractivity contribution in [2.75, 3.05) is 13.1 Å². The van der Waals surface area contributed by atoms with E-state index in [9.17, 15) is 9.90 Å². The Balaban J connectivity index is 1.98. The van der Waals surface area contributed by atoms with Crippen molar-refractivity contribution >= 4 is 17.5 Å². The maximum atomic E-state index is 12.5. The summed E-state index contributed by atoms with van der Waals surface area (Å²) in [7, 11) is 0. The van der Waals surface area contributed by atoms with Crippen LogP contribution in [0.2, 0.25) is 5.02 Å². The molecule has 5 heteroatoms. The maximum Gasteiger partial charge on any atom is 0.263 e. The molecule has 21 heavy (non-hydrogen) atoms. The van der Waals surface area contributed by atoms with Crippen molar-refractivity contribution in [1.82, 2.24) is 4.90 Å². The molecule has 0 radical (unpaired) electrons. The van der Waals surface area contributed by atoms with E-state index in [2.05, 4.69) is 0 Å². The van der Waals surface area contributed by atoms with E-state index in [-0.39, 0.29) is 5.91 Å². The second kappa shape index (κ2) is 6.67. The molecule has 1 aliphatic heterocycles. The fourth-order valence-corrected chi connectivity index (χ4v) is 2.70. The van der Waals surface area contributed by atoms with Gasteiger partial charge in [-0.15, -0.1) is 0 Å². The van der Waals surface area contributed by atoms with Gasteiger partial charge in [0.15, 0.2) is 6.10 Å². The summed E-state index contributed by atoms with van der Waals surface area (Å²) in [5.41, 5.74) is -0.679. The number of nitrogens with zero attached hydrogens (tertiary/aromatic N) is 1. The molecule has 0 bridgehead atoms. The van der Waals surface area contributed by atoms with Crippen LogP contribution in [0.5, 0.6) is 5.75 Å². The number of ether oxygens (including phenoxy) is 1. The summed E-state index contributed by atoms with van der Waals surface area (Å²) in [4.78, 5) is 14.2. The lowest BCUT2D eigenvalue weighted by Gasteiger charge is -2.25. The maximum absolute atomic E-state index is 12.5. The van der Waals surface area contributed by atoms with E-state index in [0.717, 1.165) is 12.8 Å². The van der Waals surface area contributed by atoms with Crippen LogP contribution >= 0.6 is 11.6 Å². The average Bonchev–Trinajstić information content (AvgIpc) is 2.61. The van der Waals surface area contributed by atoms with Crippen molar-refractivity contribution in [3.8, 4) is 5.75 Å². The number of hydrogen-bond donors (Lipinski definition) is 1. The van der Waals surface area contributed by atoms with Crippen LogP contribution in [0.3, 0.4) is 0 Å². The SMILES string of the molecule is CC(Oc1ccccc1Cl)C(=O)N1CCCC(C)(O)CC1. The van der Waals surface area contributed by atoms with Crippen molar-refractivity contribution in [3.05, 3.63) is 29.3 Å². The number of aliphatic hydroxyl groups is 1. The van der Waals surface area contributed by atoms with Crippen LogP contribution in [0, 0.1) is 0 Å². The Hall–Kier alpha value is -1.26. The van der Waals surface area contributed by atoms with Crippen LogP contribution in [-0.2, 0) is 4.79 Å². The lowest BCUT2D eigenvalue weighted by Crippen LogP contribution is -2.41. The fraction of sp³-hybridized carbons (Fsp3) is 0.562. The predicted octanol–water partition coefficient (Wildman–Crippen LogP) is 2.87. The summed E-state index contributed by atoms with van der Waals surface area (Å²) in [6.07, 6.45) is 1.53. The van der Waals surface area contributed by atoms with E-state index >= 15 is 0 Å². The number of halogens is 1. The number of carbonyl (C=O) groups is 1. The van der Waals surface area contributed by atoms with E-state index in [1.165, 1.54) is 0 Å². The molecular formula is C16H22ClNO3. The molecule has 1 N–H and O–H groups in total. The van der Waals surface area contributed by atoms with Gasteiger partial charge in [0.25, 0.3) is 5.91 Å². The first-order chi connectivity index (χ1) is 9.89. The van der Waals surface area contributed by atoms with Gasteiger partial charge in [-0.1, -0.05) is 23.7 Å². The second-order valence-electron chi connectivity index (χ2n) is 5.87. The summed E-state index contributed by atoms with van der Waals surface area (Å²) < 4.78 is 5.67. The van der Waals surface area contributed by atoms with Gasteiger partial charge < -0.3 is 14.7 Å². The highest BCUT2D eigenvalue weighted by Gasteiger charge is 2.29. The zero-order valence-electron chi connectivity index (χ0n) is 12.5. The Bertz CT molecular complexity index is 504. The van der Waals surface area contributed by atoms with Gasteiger partial charge in [-0.05, 0) is 45.2 Å². The standard InChI is InChI=1S/C16H22ClNO3/c1-12(21-14-7-4-3-6-13(14)17)15(19)18-10-5-8-16(2,20)9-11-18/h3-4,6-7,12,20H,5,8-11H2,1-2H3. The Labute approximate surface area is 130 Å². The number of rotatable bonds is 3. The molecule has 0 saturated carbocycles. The van der Waals surface area contributed by atoms with Gasteiger partial charge in [0, 0.05) is 13.1 Å². The highest BCUT2D eigenvalue weighted by molar-refractivity contribution is 6.32. The van der Waals surface area contributed by atoms with Crippen molar-refractivity contribution < 1.29 is 14.6 Å². The number of hydrogen-bond acceptors (Lipinski definition) is 3. The third-order valence-corrected chi connectivity index (χ3v) is 4.18. The molecule has 1 saturated heterocycles. The van der Waals surface area contributed by atoms with Crippen LogP contribution in [-0.4, -0.2) is 40.7 Å². The first kappa shape index (κ1) is 16.1. The minimum atomic E-state index is -0.679. The third-order valence-electron chi connectivity index (χ3n) is 3.86. The van der Waals surface area contributed by atoms with E-state index in [0.29, 0.717) is 30.3 Å². The largest absolute Gasteiger partial charge is 0.479 e. The Morgan fingerprint density at radius 2 is 2.10 bits per heavy atom. The molecule has 4 nitrogen and oxygen atoms in total. The quantitative estimate of drug-likeness (QED) is 0.934. The molecule has 2 atom stereocenters. The van der Waals surface area contributed by atoms with Gasteiger partial charge in [-0.2, -0.15) is 0 Å². The number of benzene rings is 1. The van der Waals surface area contributed by atoms with Crippen LogP contribution in [0.1, 0.15) is 33.1 Å². The minimum absolute atomic E-state index is 0.0624. The summed E-state index contributed by atoms with van der Waals surface area (Å²) in [5, 5.41) is 10.6. The van der Waals surface area contributed by atoms with Gasteiger partial charge in [-0.3, -0.25) is 4.79 Å². The third kappa shape index (κ3) is 4.35. The zero-order valence-corrected chi connectivity index (χ0v) is 13.3. The first-order valence-corrected chi connectivity index (χ1v) is 7.69. The van der Waals surface area contributed by atoms with Crippen LogP contribution < -0.4 is 4.74 Å². The lowest BCUT2D eigenvalue weighted by atomic mass is 9.98. The summed E-state index contributed by atoms with van der Waals surface area (Å²) in [6, 6.07) is 7.12. The molecule has 1 aromatic carbocycles. The number of carbonyl (C=O) groups excluding carboxylic acids is 1. The summed E-state index contributed by atoms with van der Waals surface area (Å²) >= 11 is 6.04. The minimum Gasteiger partial charge on any atom is -0.479 e.